The first kappa shape index (κ1) is 53.0. The van der Waals surface area contributed by atoms with Crippen LogP contribution in [0.1, 0.15) is 171 Å². The number of terminal acetylenes is 1. The molecule has 9 heteroatoms. The summed E-state index contributed by atoms with van der Waals surface area (Å²) in [5.74, 6) is 1.93. The molecule has 0 aliphatic carbocycles. The number of allylic oxidation sites excluding steroid dienone is 1. The molecule has 1 rings (SSSR count). The molecule has 2 unspecified atom stereocenters. The summed E-state index contributed by atoms with van der Waals surface area (Å²) in [5.41, 5.74) is 6.41. The van der Waals surface area contributed by atoms with Gasteiger partial charge in [0.25, 0.3) is 6.47 Å². The van der Waals surface area contributed by atoms with Crippen molar-refractivity contribution in [2.24, 2.45) is 15.7 Å². The average molecular weight is 696 g/mol. The van der Waals surface area contributed by atoms with Crippen LogP contribution in [-0.2, 0) is 19.1 Å². The SMILES string of the molecule is C#CC1(COCC)CCC(C)O1.C=C(F)/N=C(/N)C(N=CC)=C(C)C.CC.CCCCCCCCCCCCCCCCCC=O.O=CO. The van der Waals surface area contributed by atoms with Crippen LogP contribution in [-0.4, -0.2) is 54.8 Å². The fourth-order valence-electron chi connectivity index (χ4n) is 4.82. The third kappa shape index (κ3) is 37.8. The van der Waals surface area contributed by atoms with Crippen LogP contribution in [0.25, 0.3) is 0 Å². The lowest BCUT2D eigenvalue weighted by molar-refractivity contribution is -0.122. The molecule has 0 aromatic rings. The summed E-state index contributed by atoms with van der Waals surface area (Å²) in [6, 6.07) is 0. The molecular weight excluding hydrogens is 621 g/mol. The Kier molecular flexibility index (Phi) is 44.7. The molecule has 0 aromatic carbocycles. The number of aldehydes is 1. The molecular formula is C40H74FN3O5. The highest BCUT2D eigenvalue weighted by Gasteiger charge is 2.36. The Hall–Kier alpha value is -2.83. The van der Waals surface area contributed by atoms with E-state index in [0.717, 1.165) is 37.5 Å². The van der Waals surface area contributed by atoms with Crippen LogP contribution in [0.15, 0.2) is 33.8 Å². The van der Waals surface area contributed by atoms with E-state index in [4.69, 9.17) is 31.5 Å². The molecule has 0 saturated carbocycles. The first-order chi connectivity index (χ1) is 23.5. The molecule has 0 aromatic heterocycles. The summed E-state index contributed by atoms with van der Waals surface area (Å²) in [6.07, 6.45) is 31.8. The summed E-state index contributed by atoms with van der Waals surface area (Å²) >= 11 is 0. The topological polar surface area (TPSA) is 124 Å². The van der Waals surface area contributed by atoms with Crippen molar-refractivity contribution in [2.45, 2.75) is 183 Å². The van der Waals surface area contributed by atoms with Gasteiger partial charge >= 0.3 is 0 Å². The van der Waals surface area contributed by atoms with E-state index in [1.165, 1.54) is 89.9 Å². The molecule has 8 nitrogen and oxygen atoms in total. The minimum absolute atomic E-state index is 0.0469. The highest BCUT2D eigenvalue weighted by Crippen LogP contribution is 2.29. The molecule has 1 aliphatic rings. The summed E-state index contributed by atoms with van der Waals surface area (Å²) < 4.78 is 23.2. The van der Waals surface area contributed by atoms with Crippen molar-refractivity contribution in [3.8, 4) is 12.3 Å². The number of nitrogens with two attached hydrogens (primary N) is 1. The fourth-order valence-corrected chi connectivity index (χ4v) is 4.82. The zero-order chi connectivity index (χ0) is 38.2. The summed E-state index contributed by atoms with van der Waals surface area (Å²) in [5, 5.41) is 6.89. The van der Waals surface area contributed by atoms with E-state index in [1.54, 1.807) is 13.1 Å². The third-order valence-corrected chi connectivity index (χ3v) is 7.33. The highest BCUT2D eigenvalue weighted by molar-refractivity contribution is 5.98. The van der Waals surface area contributed by atoms with Crippen molar-refractivity contribution in [3.63, 3.8) is 0 Å². The van der Waals surface area contributed by atoms with Crippen LogP contribution < -0.4 is 5.73 Å². The van der Waals surface area contributed by atoms with Crippen LogP contribution in [0.4, 0.5) is 4.39 Å². The van der Waals surface area contributed by atoms with E-state index >= 15 is 0 Å². The summed E-state index contributed by atoms with van der Waals surface area (Å²) in [4.78, 5) is 25.8. The van der Waals surface area contributed by atoms with Gasteiger partial charge in [-0.25, -0.2) is 4.99 Å². The number of halogens is 1. The van der Waals surface area contributed by atoms with Crippen LogP contribution in [0.3, 0.4) is 0 Å². The third-order valence-electron chi connectivity index (χ3n) is 7.33. The predicted molar refractivity (Wildman–Crippen MR) is 208 cm³/mol. The van der Waals surface area contributed by atoms with E-state index in [1.807, 2.05) is 41.5 Å². The normalized spacial score (nSPS) is 16.2. The van der Waals surface area contributed by atoms with Gasteiger partial charge in [-0.2, -0.15) is 4.39 Å². The van der Waals surface area contributed by atoms with Gasteiger partial charge in [-0.15, -0.1) is 6.42 Å². The van der Waals surface area contributed by atoms with Gasteiger partial charge in [0, 0.05) is 19.2 Å². The number of amidine groups is 1. The largest absolute Gasteiger partial charge is 0.483 e. The molecule has 3 N–H and O–H groups in total. The van der Waals surface area contributed by atoms with Gasteiger partial charge in [0.1, 0.15) is 12.0 Å². The number of ether oxygens (including phenoxy) is 2. The number of carbonyl (C=O) groups is 2. The Labute approximate surface area is 300 Å². The van der Waals surface area contributed by atoms with Gasteiger partial charge in [-0.1, -0.05) is 117 Å². The summed E-state index contributed by atoms with van der Waals surface area (Å²) in [7, 11) is 0. The number of nitrogens with zero attached hydrogens (tertiary/aromatic N) is 2. The monoisotopic (exact) mass is 696 g/mol. The summed E-state index contributed by atoms with van der Waals surface area (Å²) in [6.45, 7) is 19.7. The fraction of sp³-hybridized carbons (Fsp3) is 0.750. The van der Waals surface area contributed by atoms with Crippen molar-refractivity contribution in [1.29, 1.82) is 0 Å². The molecule has 1 fully saturated rings. The van der Waals surface area contributed by atoms with E-state index in [9.17, 15) is 9.18 Å². The van der Waals surface area contributed by atoms with Crippen LogP contribution in [0, 0.1) is 12.3 Å². The van der Waals surface area contributed by atoms with Gasteiger partial charge in [-0.3, -0.25) is 9.79 Å². The number of unbranched alkanes of at least 4 members (excludes halogenated alkanes) is 15. The van der Waals surface area contributed by atoms with Crippen molar-refractivity contribution in [3.05, 3.63) is 23.8 Å². The number of hydrogen-bond donors (Lipinski definition) is 2. The second kappa shape index (κ2) is 41.3. The maximum atomic E-state index is 12.3. The molecule has 0 amide bonds. The standard InChI is InChI=1S/C18H36O.C10H16O2.C9H14FN3.C2H6.CH2O2/c1-2-3-4-5-6-7-8-9-10-11-12-13-14-15-16-17-18-19;1-4-10(8-11-5-2)7-6-9(3)12-10;1-5-12-8(6(2)3)9(11)13-7(4)10;1-2;2-1-3/h18H,2-17H2,1H3;1,9H,5-8H2,2-3H3;5H,4H2,1-3H3,(H2,11,13);1-2H3;1H,(H,2,3). The molecule has 1 heterocycles. The quantitative estimate of drug-likeness (QED) is 0.0290. The number of hydrogen-bond acceptors (Lipinski definition) is 6. The molecule has 0 bridgehead atoms. The van der Waals surface area contributed by atoms with E-state index in [-0.39, 0.29) is 18.4 Å². The number of rotatable bonds is 22. The minimum atomic E-state index is -0.817. The number of aliphatic imine (C=N–C) groups is 2. The van der Waals surface area contributed by atoms with Gasteiger partial charge < -0.3 is 25.1 Å². The predicted octanol–water partition coefficient (Wildman–Crippen LogP) is 10.9. The molecule has 1 saturated heterocycles. The van der Waals surface area contributed by atoms with Gasteiger partial charge in [0.2, 0.25) is 5.95 Å². The van der Waals surface area contributed by atoms with Gasteiger partial charge in [-0.05, 0) is 66.0 Å². The zero-order valence-electron chi connectivity index (χ0n) is 32.7. The molecule has 49 heavy (non-hydrogen) atoms. The van der Waals surface area contributed by atoms with E-state index < -0.39 is 11.6 Å². The molecule has 2 atom stereocenters. The maximum Gasteiger partial charge on any atom is 0.290 e. The zero-order valence-corrected chi connectivity index (χ0v) is 32.7. The van der Waals surface area contributed by atoms with Crippen molar-refractivity contribution in [1.82, 2.24) is 0 Å². The smallest absolute Gasteiger partial charge is 0.290 e. The lowest BCUT2D eigenvalue weighted by Crippen LogP contribution is -2.32. The first-order valence-corrected chi connectivity index (χ1v) is 18.6. The Morgan fingerprint density at radius 3 is 1.76 bits per heavy atom. The lowest BCUT2D eigenvalue weighted by atomic mass is 10.0. The van der Waals surface area contributed by atoms with Crippen molar-refractivity contribution in [2.75, 3.05) is 13.2 Å². The Balaban J connectivity index is -0.000000298. The van der Waals surface area contributed by atoms with Crippen molar-refractivity contribution < 1.29 is 28.6 Å². The average Bonchev–Trinajstić information content (AvgIpc) is 3.46. The van der Waals surface area contributed by atoms with Crippen molar-refractivity contribution >= 4 is 24.8 Å². The Bertz CT molecular complexity index is 910. The van der Waals surface area contributed by atoms with Crippen LogP contribution in [0.5, 0.6) is 0 Å². The Morgan fingerprint density at radius 2 is 1.45 bits per heavy atom. The number of carbonyl (C=O) groups excluding carboxylic acids is 1. The van der Waals surface area contributed by atoms with Crippen LogP contribution in [0.2, 0.25) is 0 Å². The molecule has 286 valence electrons. The van der Waals surface area contributed by atoms with E-state index in [2.05, 4.69) is 29.4 Å². The van der Waals surface area contributed by atoms with E-state index in [0.29, 0.717) is 18.9 Å². The second-order valence-corrected chi connectivity index (χ2v) is 11.9. The molecule has 0 spiro atoms. The molecule has 1 aliphatic heterocycles. The minimum Gasteiger partial charge on any atom is -0.483 e. The van der Waals surface area contributed by atoms with Crippen LogP contribution >= 0.6 is 0 Å². The maximum absolute atomic E-state index is 12.3. The molecule has 0 radical (unpaired) electrons. The first-order valence-electron chi connectivity index (χ1n) is 18.6. The highest BCUT2D eigenvalue weighted by atomic mass is 19.1. The number of carboxylic acid groups (broad SMARTS) is 1. The second-order valence-electron chi connectivity index (χ2n) is 11.9. The Morgan fingerprint density at radius 1 is 1.00 bits per heavy atom. The van der Waals surface area contributed by atoms with Gasteiger partial charge in [0.15, 0.2) is 11.4 Å². The van der Waals surface area contributed by atoms with Gasteiger partial charge in [0.05, 0.1) is 12.7 Å². The lowest BCUT2D eigenvalue weighted by Gasteiger charge is -2.22.